The van der Waals surface area contributed by atoms with E-state index in [9.17, 15) is 26.4 Å². The lowest BCUT2D eigenvalue weighted by atomic mass is 10.2. The molecule has 0 aliphatic heterocycles. The van der Waals surface area contributed by atoms with E-state index >= 15 is 0 Å². The highest BCUT2D eigenvalue weighted by Crippen LogP contribution is 2.29. The SMILES string of the molecule is CC(C)(C)OC(=O)n1cc(CCCNS(=O)(=O)c2ccc(C(F)(F)F)cc2)nc1N. The van der Waals surface area contributed by atoms with Gasteiger partial charge in [-0.15, -0.1) is 0 Å². The van der Waals surface area contributed by atoms with Crippen LogP contribution in [-0.2, 0) is 27.4 Å². The van der Waals surface area contributed by atoms with Crippen LogP contribution in [0.25, 0.3) is 0 Å². The molecule has 0 saturated carbocycles. The van der Waals surface area contributed by atoms with Gasteiger partial charge in [0.2, 0.25) is 16.0 Å². The first-order valence-electron chi connectivity index (χ1n) is 8.93. The number of alkyl halides is 3. The molecular formula is C18H23F3N4O4S. The zero-order chi connectivity index (χ0) is 22.7. The van der Waals surface area contributed by atoms with Gasteiger partial charge in [0.15, 0.2) is 0 Å². The Balaban J connectivity index is 1.92. The van der Waals surface area contributed by atoms with Crippen molar-refractivity contribution in [2.45, 2.75) is 50.3 Å². The fraction of sp³-hybridized carbons (Fsp3) is 0.444. The first-order valence-corrected chi connectivity index (χ1v) is 10.4. The van der Waals surface area contributed by atoms with Gasteiger partial charge in [0.25, 0.3) is 0 Å². The molecule has 12 heteroatoms. The number of imidazole rings is 1. The van der Waals surface area contributed by atoms with Gasteiger partial charge in [0.1, 0.15) is 5.60 Å². The first-order chi connectivity index (χ1) is 13.7. The second-order valence-electron chi connectivity index (χ2n) is 7.46. The summed E-state index contributed by atoms with van der Waals surface area (Å²) in [6.45, 7) is 5.15. The molecule has 0 unspecified atom stereocenters. The molecule has 0 amide bonds. The van der Waals surface area contributed by atoms with Crippen LogP contribution >= 0.6 is 0 Å². The number of aryl methyl sites for hydroxylation is 1. The van der Waals surface area contributed by atoms with Crippen LogP contribution in [0.15, 0.2) is 35.4 Å². The molecule has 0 spiro atoms. The van der Waals surface area contributed by atoms with Gasteiger partial charge in [-0.2, -0.15) is 13.2 Å². The van der Waals surface area contributed by atoms with Crippen molar-refractivity contribution < 1.29 is 31.1 Å². The Bertz CT molecular complexity index is 994. The standard InChI is InChI=1S/C18H23F3N4O4S/c1-17(2,3)29-16(26)25-11-13(24-15(25)22)5-4-10-23-30(27,28)14-8-6-12(7-9-14)18(19,20)21/h6-9,11,23H,4-5,10H2,1-3H3,(H2,22,24). The van der Waals surface area contributed by atoms with Gasteiger partial charge in [-0.05, 0) is 57.9 Å². The highest BCUT2D eigenvalue weighted by atomic mass is 32.2. The topological polar surface area (TPSA) is 116 Å². The number of anilines is 1. The van der Waals surface area contributed by atoms with Crippen LogP contribution in [0.4, 0.5) is 23.9 Å². The van der Waals surface area contributed by atoms with Gasteiger partial charge in [0, 0.05) is 12.7 Å². The van der Waals surface area contributed by atoms with Gasteiger partial charge in [0.05, 0.1) is 16.2 Å². The smallest absolute Gasteiger partial charge is 0.421 e. The molecule has 0 bridgehead atoms. The molecule has 0 aliphatic rings. The lowest BCUT2D eigenvalue weighted by Crippen LogP contribution is -2.27. The van der Waals surface area contributed by atoms with Crippen LogP contribution in [0.3, 0.4) is 0 Å². The molecule has 166 valence electrons. The Kier molecular flexibility index (Phi) is 6.82. The monoisotopic (exact) mass is 448 g/mol. The summed E-state index contributed by atoms with van der Waals surface area (Å²) in [5, 5.41) is 0. The third kappa shape index (κ3) is 6.46. The lowest BCUT2D eigenvalue weighted by Gasteiger charge is -2.19. The maximum Gasteiger partial charge on any atom is 0.421 e. The number of rotatable bonds is 6. The molecule has 1 aromatic heterocycles. The van der Waals surface area contributed by atoms with E-state index in [2.05, 4.69) is 9.71 Å². The highest BCUT2D eigenvalue weighted by Gasteiger charge is 2.30. The number of benzene rings is 1. The van der Waals surface area contributed by atoms with E-state index in [4.69, 9.17) is 10.5 Å². The number of carbonyl (C=O) groups is 1. The molecule has 2 rings (SSSR count). The average Bonchev–Trinajstić information content (AvgIpc) is 2.97. The Hall–Kier alpha value is -2.60. The van der Waals surface area contributed by atoms with Crippen LogP contribution in [0.5, 0.6) is 0 Å². The van der Waals surface area contributed by atoms with Gasteiger partial charge in [-0.1, -0.05) is 0 Å². The fourth-order valence-electron chi connectivity index (χ4n) is 2.41. The number of nitrogens with two attached hydrogens (primary N) is 1. The molecule has 0 atom stereocenters. The predicted molar refractivity (Wildman–Crippen MR) is 103 cm³/mol. The Morgan fingerprint density at radius 2 is 1.80 bits per heavy atom. The summed E-state index contributed by atoms with van der Waals surface area (Å²) in [7, 11) is -3.96. The molecule has 0 radical (unpaired) electrons. The zero-order valence-corrected chi connectivity index (χ0v) is 17.5. The summed E-state index contributed by atoms with van der Waals surface area (Å²) in [4.78, 5) is 15.8. The minimum Gasteiger partial charge on any atom is -0.443 e. The maximum atomic E-state index is 12.6. The van der Waals surface area contributed by atoms with Crippen molar-refractivity contribution in [1.82, 2.24) is 14.3 Å². The molecule has 8 nitrogen and oxygen atoms in total. The first kappa shape index (κ1) is 23.7. The van der Waals surface area contributed by atoms with Gasteiger partial charge in [-0.25, -0.2) is 27.5 Å². The quantitative estimate of drug-likeness (QED) is 0.656. The van der Waals surface area contributed by atoms with Crippen molar-refractivity contribution in [3.05, 3.63) is 41.7 Å². The number of halogens is 3. The lowest BCUT2D eigenvalue weighted by molar-refractivity contribution is -0.137. The zero-order valence-electron chi connectivity index (χ0n) is 16.7. The van der Waals surface area contributed by atoms with Gasteiger partial charge < -0.3 is 10.5 Å². The summed E-state index contributed by atoms with van der Waals surface area (Å²) in [6.07, 6.45) is -3.17. The van der Waals surface area contributed by atoms with Crippen LogP contribution in [0, 0.1) is 0 Å². The van der Waals surface area contributed by atoms with E-state index in [-0.39, 0.29) is 17.4 Å². The van der Waals surface area contributed by atoms with Crippen molar-refractivity contribution in [3.63, 3.8) is 0 Å². The second-order valence-corrected chi connectivity index (χ2v) is 9.23. The third-order valence-corrected chi connectivity index (χ3v) is 5.24. The van der Waals surface area contributed by atoms with Crippen molar-refractivity contribution >= 4 is 22.1 Å². The third-order valence-electron chi connectivity index (χ3n) is 3.77. The molecule has 0 fully saturated rings. The van der Waals surface area contributed by atoms with Crippen molar-refractivity contribution in [2.75, 3.05) is 12.3 Å². The Morgan fingerprint density at radius 3 is 2.33 bits per heavy atom. The second kappa shape index (κ2) is 8.64. The minimum absolute atomic E-state index is 0.0164. The molecule has 0 saturated heterocycles. The van der Waals surface area contributed by atoms with Crippen LogP contribution in [0.1, 0.15) is 38.4 Å². The largest absolute Gasteiger partial charge is 0.443 e. The molecule has 3 N–H and O–H groups in total. The molecule has 2 aromatic rings. The summed E-state index contributed by atoms with van der Waals surface area (Å²) in [6, 6.07) is 3.21. The predicted octanol–water partition coefficient (Wildman–Crippen LogP) is 3.18. The summed E-state index contributed by atoms with van der Waals surface area (Å²) in [5.41, 5.74) is 4.54. The number of nitrogen functional groups attached to an aromatic ring is 1. The maximum absolute atomic E-state index is 12.6. The molecule has 30 heavy (non-hydrogen) atoms. The summed E-state index contributed by atoms with van der Waals surface area (Å²) < 4.78 is 70.7. The number of hydrogen-bond donors (Lipinski definition) is 2. The number of nitrogens with one attached hydrogen (secondary N) is 1. The van der Waals surface area contributed by atoms with E-state index in [0.717, 1.165) is 16.7 Å². The number of ether oxygens (including phenoxy) is 1. The number of hydrogen-bond acceptors (Lipinski definition) is 6. The molecular weight excluding hydrogens is 425 g/mol. The van der Waals surface area contributed by atoms with Crippen LogP contribution in [-0.4, -0.2) is 36.2 Å². The van der Waals surface area contributed by atoms with Crippen LogP contribution in [0.2, 0.25) is 0 Å². The number of nitrogens with zero attached hydrogens (tertiary/aromatic N) is 2. The molecule has 0 aliphatic carbocycles. The normalized spacial score (nSPS) is 12.7. The highest BCUT2D eigenvalue weighted by molar-refractivity contribution is 7.89. The van der Waals surface area contributed by atoms with Crippen molar-refractivity contribution in [2.24, 2.45) is 0 Å². The van der Waals surface area contributed by atoms with Gasteiger partial charge >= 0.3 is 12.3 Å². The van der Waals surface area contributed by atoms with E-state index < -0.39 is 33.5 Å². The molecule has 1 heterocycles. The fourth-order valence-corrected chi connectivity index (χ4v) is 3.48. The van der Waals surface area contributed by atoms with Crippen molar-refractivity contribution in [1.29, 1.82) is 0 Å². The summed E-state index contributed by atoms with van der Waals surface area (Å²) >= 11 is 0. The van der Waals surface area contributed by atoms with E-state index in [1.165, 1.54) is 6.20 Å². The minimum atomic E-state index is -4.54. The summed E-state index contributed by atoms with van der Waals surface area (Å²) in [5.74, 6) is -0.0513. The Labute approximate surface area is 172 Å². The average molecular weight is 448 g/mol. The van der Waals surface area contributed by atoms with E-state index in [1.54, 1.807) is 20.8 Å². The van der Waals surface area contributed by atoms with E-state index in [1.807, 2.05) is 0 Å². The van der Waals surface area contributed by atoms with Gasteiger partial charge in [-0.3, -0.25) is 0 Å². The van der Waals surface area contributed by atoms with E-state index in [0.29, 0.717) is 30.7 Å². The Morgan fingerprint density at radius 1 is 1.20 bits per heavy atom. The van der Waals surface area contributed by atoms with Crippen LogP contribution < -0.4 is 10.5 Å². The number of sulfonamides is 1. The number of carbonyl (C=O) groups excluding carboxylic acids is 1. The van der Waals surface area contributed by atoms with Crippen molar-refractivity contribution in [3.8, 4) is 0 Å². The number of aromatic nitrogens is 2. The molecule has 1 aromatic carbocycles.